The number of rotatable bonds is 3. The van der Waals surface area contributed by atoms with Gasteiger partial charge in [0.05, 0.1) is 11.1 Å². The molecule has 1 heterocycles. The van der Waals surface area contributed by atoms with Gasteiger partial charge in [0.1, 0.15) is 5.82 Å². The second kappa shape index (κ2) is 5.02. The average Bonchev–Trinajstić information content (AvgIpc) is 2.77. The van der Waals surface area contributed by atoms with Crippen LogP contribution in [-0.2, 0) is 0 Å². The van der Waals surface area contributed by atoms with E-state index in [4.69, 9.17) is 0 Å². The van der Waals surface area contributed by atoms with Crippen LogP contribution in [0.1, 0.15) is 43.5 Å². The number of hydrogen-bond acceptors (Lipinski definition) is 3. The summed E-state index contributed by atoms with van der Waals surface area (Å²) in [6, 6.07) is 9.36. The molecule has 110 valence electrons. The van der Waals surface area contributed by atoms with Gasteiger partial charge in [0, 0.05) is 11.4 Å². The first-order chi connectivity index (χ1) is 9.97. The molecule has 1 aliphatic carbocycles. The van der Waals surface area contributed by atoms with Gasteiger partial charge in [0.25, 0.3) is 0 Å². The van der Waals surface area contributed by atoms with Gasteiger partial charge in [-0.25, -0.2) is 9.78 Å². The van der Waals surface area contributed by atoms with E-state index in [9.17, 15) is 9.90 Å². The zero-order valence-corrected chi connectivity index (χ0v) is 12.4. The molecule has 0 radical (unpaired) electrons. The van der Waals surface area contributed by atoms with Crippen LogP contribution in [0.25, 0.3) is 10.9 Å². The summed E-state index contributed by atoms with van der Waals surface area (Å²) in [6.07, 6.45) is 3.48. The maximum Gasteiger partial charge on any atom is 0.336 e. The Morgan fingerprint density at radius 1 is 1.38 bits per heavy atom. The van der Waals surface area contributed by atoms with Crippen molar-refractivity contribution in [3.63, 3.8) is 0 Å². The van der Waals surface area contributed by atoms with Crippen molar-refractivity contribution in [2.75, 3.05) is 5.32 Å². The quantitative estimate of drug-likeness (QED) is 0.896. The van der Waals surface area contributed by atoms with Crippen LogP contribution >= 0.6 is 0 Å². The Bertz CT molecular complexity index is 694. The predicted molar refractivity (Wildman–Crippen MR) is 83.7 cm³/mol. The number of pyridine rings is 1. The largest absolute Gasteiger partial charge is 0.478 e. The molecule has 0 amide bonds. The second-order valence-corrected chi connectivity index (χ2v) is 6.46. The fraction of sp³-hybridized carbons (Fsp3) is 0.412. The third-order valence-electron chi connectivity index (χ3n) is 4.53. The summed E-state index contributed by atoms with van der Waals surface area (Å²) in [6.45, 7) is 4.49. The van der Waals surface area contributed by atoms with Crippen LogP contribution in [0, 0.1) is 5.41 Å². The van der Waals surface area contributed by atoms with Crippen LogP contribution in [0.3, 0.4) is 0 Å². The third-order valence-corrected chi connectivity index (χ3v) is 4.53. The first-order valence-corrected chi connectivity index (χ1v) is 7.37. The van der Waals surface area contributed by atoms with Crippen molar-refractivity contribution in [3.05, 3.63) is 35.9 Å². The number of fused-ring (bicyclic) bond motifs is 1. The lowest BCUT2D eigenvalue weighted by Crippen LogP contribution is -2.31. The minimum absolute atomic E-state index is 0.219. The van der Waals surface area contributed by atoms with Crippen molar-refractivity contribution in [1.29, 1.82) is 0 Å². The molecule has 1 fully saturated rings. The number of hydrogen-bond donors (Lipinski definition) is 2. The van der Waals surface area contributed by atoms with Crippen LogP contribution in [0.2, 0.25) is 0 Å². The molecule has 2 N–H and O–H groups in total. The Kier molecular flexibility index (Phi) is 3.32. The number of carbonyl (C=O) groups is 1. The van der Waals surface area contributed by atoms with Crippen molar-refractivity contribution in [2.45, 2.75) is 39.2 Å². The Hall–Kier alpha value is -2.10. The summed E-state index contributed by atoms with van der Waals surface area (Å²) in [5, 5.41) is 13.5. The summed E-state index contributed by atoms with van der Waals surface area (Å²) >= 11 is 0. The first-order valence-electron chi connectivity index (χ1n) is 7.37. The first kappa shape index (κ1) is 13.9. The smallest absolute Gasteiger partial charge is 0.336 e. The molecule has 1 aliphatic rings. The number of aromatic carboxylic acids is 1. The molecule has 3 rings (SSSR count). The normalized spacial score (nSPS) is 20.6. The van der Waals surface area contributed by atoms with Crippen molar-refractivity contribution < 1.29 is 9.90 Å². The van der Waals surface area contributed by atoms with Crippen LogP contribution < -0.4 is 5.32 Å². The Morgan fingerprint density at radius 3 is 2.81 bits per heavy atom. The predicted octanol–water partition coefficient (Wildman–Crippen LogP) is 3.92. The zero-order valence-electron chi connectivity index (χ0n) is 12.4. The molecule has 1 saturated carbocycles. The summed E-state index contributed by atoms with van der Waals surface area (Å²) in [4.78, 5) is 16.0. The molecule has 2 aromatic rings. The third kappa shape index (κ3) is 2.58. The number of carboxylic acids is 1. The van der Waals surface area contributed by atoms with E-state index in [0.717, 1.165) is 11.9 Å². The zero-order chi connectivity index (χ0) is 15.0. The molecule has 1 aromatic carbocycles. The molecule has 4 nitrogen and oxygen atoms in total. The molecule has 1 aromatic heterocycles. The molecular weight excluding hydrogens is 264 g/mol. The number of anilines is 1. The molecule has 1 atom stereocenters. The van der Waals surface area contributed by atoms with Gasteiger partial charge in [-0.15, -0.1) is 0 Å². The maximum atomic E-state index is 11.5. The second-order valence-electron chi connectivity index (χ2n) is 6.46. The van der Waals surface area contributed by atoms with Gasteiger partial charge in [0.15, 0.2) is 0 Å². The molecule has 0 spiro atoms. The van der Waals surface area contributed by atoms with Gasteiger partial charge in [-0.2, -0.15) is 0 Å². The van der Waals surface area contributed by atoms with E-state index in [-0.39, 0.29) is 5.41 Å². The molecule has 21 heavy (non-hydrogen) atoms. The standard InChI is InChI=1S/C17H20N2O2/c1-17(2)9-5-8-14(17)19-15-10-12(16(20)21)11-6-3-4-7-13(11)18-15/h3-4,6-7,10,14H,5,8-9H2,1-2H3,(H,18,19)(H,20,21). The lowest BCUT2D eigenvalue weighted by atomic mass is 9.87. The summed E-state index contributed by atoms with van der Waals surface area (Å²) in [5.41, 5.74) is 1.24. The fourth-order valence-electron chi connectivity index (χ4n) is 3.20. The Labute approximate surface area is 124 Å². The monoisotopic (exact) mass is 284 g/mol. The Balaban J connectivity index is 2.01. The number of carboxylic acid groups (broad SMARTS) is 1. The highest BCUT2D eigenvalue weighted by atomic mass is 16.4. The van der Waals surface area contributed by atoms with Gasteiger partial charge in [-0.3, -0.25) is 0 Å². The Morgan fingerprint density at radius 2 is 2.14 bits per heavy atom. The number of nitrogens with zero attached hydrogens (tertiary/aromatic N) is 1. The minimum Gasteiger partial charge on any atom is -0.478 e. The van der Waals surface area contributed by atoms with Gasteiger partial charge >= 0.3 is 5.97 Å². The van der Waals surface area contributed by atoms with Crippen LogP contribution in [0.4, 0.5) is 5.82 Å². The highest BCUT2D eigenvalue weighted by molar-refractivity contribution is 6.03. The minimum atomic E-state index is -0.915. The van der Waals surface area contributed by atoms with Crippen molar-refractivity contribution in [3.8, 4) is 0 Å². The van der Waals surface area contributed by atoms with Crippen molar-refractivity contribution in [2.24, 2.45) is 5.41 Å². The van der Waals surface area contributed by atoms with Crippen LogP contribution in [-0.4, -0.2) is 22.1 Å². The summed E-state index contributed by atoms with van der Waals surface area (Å²) in [7, 11) is 0. The maximum absolute atomic E-state index is 11.5. The van der Waals surface area contributed by atoms with Crippen molar-refractivity contribution >= 4 is 22.7 Å². The van der Waals surface area contributed by atoms with E-state index in [2.05, 4.69) is 24.1 Å². The highest BCUT2D eigenvalue weighted by Crippen LogP contribution is 2.39. The van der Waals surface area contributed by atoms with E-state index in [1.165, 1.54) is 12.8 Å². The number of aromatic nitrogens is 1. The van der Waals surface area contributed by atoms with E-state index in [1.54, 1.807) is 12.1 Å². The summed E-state index contributed by atoms with van der Waals surface area (Å²) < 4.78 is 0. The molecule has 0 aliphatic heterocycles. The van der Waals surface area contributed by atoms with E-state index in [1.807, 2.05) is 18.2 Å². The van der Waals surface area contributed by atoms with Crippen molar-refractivity contribution in [1.82, 2.24) is 4.98 Å². The number of nitrogens with one attached hydrogen (secondary N) is 1. The average molecular weight is 284 g/mol. The molecule has 0 bridgehead atoms. The van der Waals surface area contributed by atoms with Gasteiger partial charge in [-0.05, 0) is 30.4 Å². The molecular formula is C17H20N2O2. The molecule has 1 unspecified atom stereocenters. The van der Waals surface area contributed by atoms with E-state index in [0.29, 0.717) is 22.8 Å². The number of benzene rings is 1. The molecule has 4 heteroatoms. The van der Waals surface area contributed by atoms with Crippen LogP contribution in [0.5, 0.6) is 0 Å². The SMILES string of the molecule is CC1(C)CCCC1Nc1cc(C(=O)O)c2ccccc2n1. The van der Waals surface area contributed by atoms with E-state index >= 15 is 0 Å². The fourth-order valence-corrected chi connectivity index (χ4v) is 3.20. The molecule has 0 saturated heterocycles. The van der Waals surface area contributed by atoms with Crippen LogP contribution in [0.15, 0.2) is 30.3 Å². The summed E-state index contributed by atoms with van der Waals surface area (Å²) in [5.74, 6) is -0.256. The lowest BCUT2D eigenvalue weighted by Gasteiger charge is -2.28. The number of para-hydroxylation sites is 1. The van der Waals surface area contributed by atoms with E-state index < -0.39 is 5.97 Å². The highest BCUT2D eigenvalue weighted by Gasteiger charge is 2.34. The van der Waals surface area contributed by atoms with Gasteiger partial charge in [-0.1, -0.05) is 38.5 Å². The van der Waals surface area contributed by atoms with Gasteiger partial charge < -0.3 is 10.4 Å². The topological polar surface area (TPSA) is 62.2 Å². The lowest BCUT2D eigenvalue weighted by molar-refractivity contribution is 0.0699. The van der Waals surface area contributed by atoms with Gasteiger partial charge in [0.2, 0.25) is 0 Å².